The molecule has 2 nitrogen and oxygen atoms in total. The number of ether oxygens (including phenoxy) is 1. The van der Waals surface area contributed by atoms with E-state index in [1.54, 1.807) is 0 Å². The van der Waals surface area contributed by atoms with E-state index in [4.69, 9.17) is 16.3 Å². The van der Waals surface area contributed by atoms with Crippen molar-refractivity contribution in [1.29, 1.82) is 0 Å². The molecule has 0 aromatic heterocycles. The first-order valence-electron chi connectivity index (χ1n) is 6.95. The highest BCUT2D eigenvalue weighted by atomic mass is 35.5. The summed E-state index contributed by atoms with van der Waals surface area (Å²) in [7, 11) is 0. The summed E-state index contributed by atoms with van der Waals surface area (Å²) < 4.78 is 5.68. The topological polar surface area (TPSA) is 21.3 Å². The van der Waals surface area contributed by atoms with Crippen LogP contribution in [0.1, 0.15) is 31.7 Å². The van der Waals surface area contributed by atoms with Crippen LogP contribution in [0.25, 0.3) is 0 Å². The maximum Gasteiger partial charge on any atom is 0.138 e. The van der Waals surface area contributed by atoms with Crippen LogP contribution in [0.5, 0.6) is 5.75 Å². The van der Waals surface area contributed by atoms with Crippen LogP contribution >= 0.6 is 11.6 Å². The first kappa shape index (κ1) is 14.4. The minimum atomic E-state index is 0.519. The number of rotatable bonds is 5. The second-order valence-corrected chi connectivity index (χ2v) is 5.70. The number of benzene rings is 1. The number of halogens is 1. The Bertz CT molecular complexity index is 438. The quantitative estimate of drug-likeness (QED) is 0.823. The molecule has 1 fully saturated rings. The van der Waals surface area contributed by atoms with Crippen LogP contribution in [0.4, 0.5) is 0 Å². The van der Waals surface area contributed by atoms with Crippen molar-refractivity contribution in [1.82, 2.24) is 5.32 Å². The van der Waals surface area contributed by atoms with Gasteiger partial charge in [0, 0.05) is 6.04 Å². The third-order valence-corrected chi connectivity index (χ3v) is 3.83. The van der Waals surface area contributed by atoms with Gasteiger partial charge in [0.05, 0.1) is 5.02 Å². The van der Waals surface area contributed by atoms with Crippen molar-refractivity contribution in [2.75, 3.05) is 13.2 Å². The van der Waals surface area contributed by atoms with Crippen molar-refractivity contribution in [2.45, 2.75) is 38.6 Å². The molecule has 0 aliphatic carbocycles. The van der Waals surface area contributed by atoms with E-state index in [9.17, 15) is 0 Å². The zero-order valence-electron chi connectivity index (χ0n) is 11.5. The zero-order valence-corrected chi connectivity index (χ0v) is 12.3. The third kappa shape index (κ3) is 4.26. The van der Waals surface area contributed by atoms with E-state index in [2.05, 4.69) is 18.0 Å². The molecule has 1 aliphatic rings. The number of hydrogen-bond acceptors (Lipinski definition) is 2. The lowest BCUT2D eigenvalue weighted by Crippen LogP contribution is -2.35. The molecular weight excluding hydrogens is 258 g/mol. The molecular formula is C16H22ClNO. The maximum atomic E-state index is 6.43. The van der Waals surface area contributed by atoms with E-state index in [1.165, 1.54) is 24.8 Å². The van der Waals surface area contributed by atoms with Crippen molar-refractivity contribution >= 4 is 11.6 Å². The van der Waals surface area contributed by atoms with Gasteiger partial charge in [0.25, 0.3) is 0 Å². The minimum absolute atomic E-state index is 0.519. The highest BCUT2D eigenvalue weighted by Gasteiger charge is 2.16. The first-order chi connectivity index (χ1) is 9.16. The van der Waals surface area contributed by atoms with Crippen LogP contribution in [0.15, 0.2) is 30.4 Å². The summed E-state index contributed by atoms with van der Waals surface area (Å²) >= 11 is 6.43. The van der Waals surface area contributed by atoms with Crippen LogP contribution in [-0.2, 0) is 6.42 Å². The fraction of sp³-hybridized carbons (Fsp3) is 0.500. The van der Waals surface area contributed by atoms with Crippen molar-refractivity contribution < 1.29 is 4.74 Å². The van der Waals surface area contributed by atoms with Crippen LogP contribution in [0.3, 0.4) is 0 Å². The first-order valence-corrected chi connectivity index (χ1v) is 7.32. The Morgan fingerprint density at radius 3 is 3.00 bits per heavy atom. The van der Waals surface area contributed by atoms with E-state index in [0.717, 1.165) is 29.3 Å². The Morgan fingerprint density at radius 1 is 1.47 bits per heavy atom. The number of hydrogen-bond donors (Lipinski definition) is 1. The molecule has 0 amide bonds. The molecule has 19 heavy (non-hydrogen) atoms. The highest BCUT2D eigenvalue weighted by molar-refractivity contribution is 6.32. The van der Waals surface area contributed by atoms with Gasteiger partial charge in [-0.3, -0.25) is 0 Å². The Morgan fingerprint density at radius 2 is 2.32 bits per heavy atom. The van der Waals surface area contributed by atoms with Gasteiger partial charge in [-0.1, -0.05) is 36.7 Å². The summed E-state index contributed by atoms with van der Waals surface area (Å²) in [4.78, 5) is 0. The Balaban J connectivity index is 2.03. The van der Waals surface area contributed by atoms with E-state index >= 15 is 0 Å². The molecule has 1 saturated heterocycles. The Hall–Kier alpha value is -0.990. The highest BCUT2D eigenvalue weighted by Crippen LogP contribution is 2.30. The summed E-state index contributed by atoms with van der Waals surface area (Å²) in [5.41, 5.74) is 2.16. The van der Waals surface area contributed by atoms with E-state index in [1.807, 2.05) is 19.1 Å². The van der Waals surface area contributed by atoms with Gasteiger partial charge in [-0.05, 0) is 49.9 Å². The lowest BCUT2D eigenvalue weighted by atomic mass is 9.97. The monoisotopic (exact) mass is 279 g/mol. The Labute approximate surface area is 120 Å². The van der Waals surface area contributed by atoms with Gasteiger partial charge < -0.3 is 10.1 Å². The molecule has 1 aromatic rings. The molecule has 1 N–H and O–H groups in total. The van der Waals surface area contributed by atoms with Gasteiger partial charge in [0.15, 0.2) is 0 Å². The predicted molar refractivity (Wildman–Crippen MR) is 81.1 cm³/mol. The van der Waals surface area contributed by atoms with Crippen LogP contribution < -0.4 is 10.1 Å². The maximum absolute atomic E-state index is 6.43. The van der Waals surface area contributed by atoms with Gasteiger partial charge >= 0.3 is 0 Å². The molecule has 0 saturated carbocycles. The molecule has 0 bridgehead atoms. The van der Waals surface area contributed by atoms with Gasteiger partial charge in [-0.25, -0.2) is 0 Å². The van der Waals surface area contributed by atoms with Crippen LogP contribution in [0, 0.1) is 0 Å². The smallest absolute Gasteiger partial charge is 0.138 e. The van der Waals surface area contributed by atoms with E-state index in [0.29, 0.717) is 12.6 Å². The molecule has 1 aromatic carbocycles. The number of nitrogens with one attached hydrogen (secondary N) is 1. The third-order valence-electron chi connectivity index (χ3n) is 3.40. The molecule has 1 unspecified atom stereocenters. The van der Waals surface area contributed by atoms with Gasteiger partial charge in [-0.15, -0.1) is 0 Å². The standard InChI is InChI=1S/C16H22ClNO/c1-12(2)11-19-15-8-5-6-13(16(15)17)10-14-7-3-4-9-18-14/h5-6,8,14,18H,1,3-4,7,9-11H2,2H3. The molecule has 3 heteroatoms. The van der Waals surface area contributed by atoms with Gasteiger partial charge in [0.2, 0.25) is 0 Å². The van der Waals surface area contributed by atoms with E-state index in [-0.39, 0.29) is 0 Å². The molecule has 1 aliphatic heterocycles. The SMILES string of the molecule is C=C(C)COc1cccc(CC2CCCCN2)c1Cl. The normalized spacial score (nSPS) is 19.2. The molecule has 1 atom stereocenters. The predicted octanol–water partition coefficient (Wildman–Crippen LogP) is 3.98. The Kier molecular flexibility index (Phi) is 5.29. The minimum Gasteiger partial charge on any atom is -0.488 e. The average molecular weight is 280 g/mol. The summed E-state index contributed by atoms with van der Waals surface area (Å²) in [6.45, 7) is 7.42. The summed E-state index contributed by atoms with van der Waals surface area (Å²) in [6, 6.07) is 6.57. The van der Waals surface area contributed by atoms with Crippen molar-refractivity contribution in [3.8, 4) is 5.75 Å². The molecule has 0 spiro atoms. The molecule has 2 rings (SSSR count). The van der Waals surface area contributed by atoms with Crippen LogP contribution in [-0.4, -0.2) is 19.2 Å². The summed E-state index contributed by atoms with van der Waals surface area (Å²) in [5, 5.41) is 4.30. The summed E-state index contributed by atoms with van der Waals surface area (Å²) in [5.74, 6) is 0.762. The fourth-order valence-electron chi connectivity index (χ4n) is 2.39. The second kappa shape index (κ2) is 6.97. The lowest BCUT2D eigenvalue weighted by Gasteiger charge is -2.24. The van der Waals surface area contributed by atoms with Crippen molar-refractivity contribution in [3.63, 3.8) is 0 Å². The molecule has 1 heterocycles. The van der Waals surface area contributed by atoms with Crippen molar-refractivity contribution in [3.05, 3.63) is 40.9 Å². The fourth-order valence-corrected chi connectivity index (χ4v) is 2.65. The largest absolute Gasteiger partial charge is 0.488 e. The van der Waals surface area contributed by atoms with Crippen LogP contribution in [0.2, 0.25) is 5.02 Å². The van der Waals surface area contributed by atoms with E-state index < -0.39 is 0 Å². The lowest BCUT2D eigenvalue weighted by molar-refractivity contribution is 0.351. The van der Waals surface area contributed by atoms with Gasteiger partial charge in [-0.2, -0.15) is 0 Å². The average Bonchev–Trinajstić information content (AvgIpc) is 2.41. The molecule has 104 valence electrons. The summed E-state index contributed by atoms with van der Waals surface area (Å²) in [6.07, 6.45) is 4.80. The number of piperidine rings is 1. The zero-order chi connectivity index (χ0) is 13.7. The molecule has 0 radical (unpaired) electrons. The second-order valence-electron chi connectivity index (χ2n) is 5.33. The van der Waals surface area contributed by atoms with Crippen molar-refractivity contribution in [2.24, 2.45) is 0 Å². The van der Waals surface area contributed by atoms with Gasteiger partial charge in [0.1, 0.15) is 12.4 Å².